The largest absolute Gasteiger partial charge is 0.308 e. The summed E-state index contributed by atoms with van der Waals surface area (Å²) in [5.41, 5.74) is 2.83. The van der Waals surface area contributed by atoms with Gasteiger partial charge >= 0.3 is 0 Å². The van der Waals surface area contributed by atoms with E-state index in [9.17, 15) is 9.59 Å². The van der Waals surface area contributed by atoms with Crippen molar-refractivity contribution in [3.63, 3.8) is 0 Å². The molecule has 0 fully saturated rings. The van der Waals surface area contributed by atoms with Gasteiger partial charge in [-0.15, -0.1) is 11.3 Å². The number of aryl methyl sites for hydroxylation is 2. The highest BCUT2D eigenvalue weighted by Gasteiger charge is 2.22. The lowest BCUT2D eigenvalue weighted by Crippen LogP contribution is -2.30. The monoisotopic (exact) mass is 390 g/mol. The van der Waals surface area contributed by atoms with Crippen molar-refractivity contribution in [3.8, 4) is 0 Å². The minimum Gasteiger partial charge on any atom is -0.308 e. The highest BCUT2D eigenvalue weighted by atomic mass is 32.1. The molecule has 4 aromatic rings. The lowest BCUT2D eigenvalue weighted by Gasteiger charge is -2.22. The van der Waals surface area contributed by atoms with Crippen LogP contribution in [0.3, 0.4) is 0 Å². The third-order valence-corrected chi connectivity index (χ3v) is 6.30. The molecule has 142 valence electrons. The zero-order valence-electron chi connectivity index (χ0n) is 16.2. The average Bonchev–Trinajstić information content (AvgIpc) is 3.16. The van der Waals surface area contributed by atoms with E-state index in [4.69, 9.17) is 0 Å². The summed E-state index contributed by atoms with van der Waals surface area (Å²) < 4.78 is 2.66. The van der Waals surface area contributed by atoms with Crippen molar-refractivity contribution >= 4 is 43.9 Å². The van der Waals surface area contributed by atoms with Gasteiger partial charge in [0.2, 0.25) is 0 Å². The van der Waals surface area contributed by atoms with E-state index >= 15 is 0 Å². The number of nitrogens with zero attached hydrogens (tertiary/aromatic N) is 2. The maximum absolute atomic E-state index is 13.3. The number of para-hydroxylation sites is 2. The molecule has 0 atom stereocenters. The van der Waals surface area contributed by atoms with Crippen LogP contribution in [0.15, 0.2) is 59.4 Å². The SMILES string of the molecule is CCN(C(=O)c1cc2c(=O)n(CC)c3ccccc3c2s1)c1ccccc1C. The molecule has 0 radical (unpaired) electrons. The first-order valence-electron chi connectivity index (χ1n) is 9.49. The number of anilines is 1. The molecule has 4 rings (SSSR count). The van der Waals surface area contributed by atoms with Crippen LogP contribution in [-0.4, -0.2) is 17.0 Å². The summed E-state index contributed by atoms with van der Waals surface area (Å²) in [5.74, 6) is -0.0653. The Morgan fingerprint density at radius 1 is 1.04 bits per heavy atom. The van der Waals surface area contributed by atoms with Gasteiger partial charge in [-0.25, -0.2) is 0 Å². The number of hydrogen-bond acceptors (Lipinski definition) is 3. The summed E-state index contributed by atoms with van der Waals surface area (Å²) in [4.78, 5) is 28.7. The maximum Gasteiger partial charge on any atom is 0.268 e. The van der Waals surface area contributed by atoms with Crippen LogP contribution in [0.4, 0.5) is 5.69 Å². The quantitative estimate of drug-likeness (QED) is 0.480. The molecule has 0 spiro atoms. The fourth-order valence-corrected chi connectivity index (χ4v) is 4.88. The fraction of sp³-hybridized carbons (Fsp3) is 0.217. The number of hydrogen-bond donors (Lipinski definition) is 0. The first kappa shape index (κ1) is 18.4. The van der Waals surface area contributed by atoms with Gasteiger partial charge in [0.25, 0.3) is 11.5 Å². The molecule has 0 aliphatic heterocycles. The summed E-state index contributed by atoms with van der Waals surface area (Å²) in [6, 6.07) is 17.5. The average molecular weight is 391 g/mol. The molecule has 0 N–H and O–H groups in total. The van der Waals surface area contributed by atoms with Gasteiger partial charge in [-0.2, -0.15) is 0 Å². The van der Waals surface area contributed by atoms with E-state index in [-0.39, 0.29) is 11.5 Å². The Hall–Kier alpha value is -2.92. The van der Waals surface area contributed by atoms with Crippen molar-refractivity contribution in [1.29, 1.82) is 0 Å². The molecular formula is C23H22N2O2S. The number of rotatable bonds is 4. The molecule has 5 heteroatoms. The number of carbonyl (C=O) groups is 1. The first-order valence-corrected chi connectivity index (χ1v) is 10.3. The van der Waals surface area contributed by atoms with Gasteiger partial charge in [0.15, 0.2) is 0 Å². The summed E-state index contributed by atoms with van der Waals surface area (Å²) >= 11 is 1.41. The molecule has 0 bridgehead atoms. The van der Waals surface area contributed by atoms with E-state index in [1.54, 1.807) is 15.5 Å². The van der Waals surface area contributed by atoms with Crippen molar-refractivity contribution in [2.24, 2.45) is 0 Å². The fourth-order valence-electron chi connectivity index (χ4n) is 3.75. The number of amides is 1. The highest BCUT2D eigenvalue weighted by Crippen LogP contribution is 2.32. The predicted molar refractivity (Wildman–Crippen MR) is 118 cm³/mol. The Labute approximate surface area is 167 Å². The number of benzene rings is 2. The van der Waals surface area contributed by atoms with E-state index in [1.807, 2.05) is 69.3 Å². The van der Waals surface area contributed by atoms with Gasteiger partial charge in [-0.1, -0.05) is 36.4 Å². The molecule has 4 nitrogen and oxygen atoms in total. The zero-order chi connectivity index (χ0) is 19.8. The van der Waals surface area contributed by atoms with Crippen LogP contribution < -0.4 is 10.5 Å². The van der Waals surface area contributed by atoms with Gasteiger partial charge in [0.1, 0.15) is 0 Å². The van der Waals surface area contributed by atoms with Crippen LogP contribution in [0.1, 0.15) is 29.1 Å². The summed E-state index contributed by atoms with van der Waals surface area (Å²) in [7, 11) is 0. The Bertz CT molecular complexity index is 1250. The molecule has 0 aliphatic rings. The molecule has 28 heavy (non-hydrogen) atoms. The van der Waals surface area contributed by atoms with Crippen LogP contribution in [0, 0.1) is 6.92 Å². The van der Waals surface area contributed by atoms with Crippen LogP contribution in [0.25, 0.3) is 21.0 Å². The number of fused-ring (bicyclic) bond motifs is 3. The first-order chi connectivity index (χ1) is 13.6. The Morgan fingerprint density at radius 2 is 1.75 bits per heavy atom. The molecule has 2 aromatic carbocycles. The molecule has 1 amide bonds. The maximum atomic E-state index is 13.3. The third-order valence-electron chi connectivity index (χ3n) is 5.14. The van der Waals surface area contributed by atoms with Crippen LogP contribution >= 0.6 is 11.3 Å². The number of aromatic nitrogens is 1. The Kier molecular flexibility index (Phi) is 4.77. The second kappa shape index (κ2) is 7.24. The number of carbonyl (C=O) groups excluding carboxylic acids is 1. The molecule has 2 aromatic heterocycles. The van der Waals surface area contributed by atoms with Crippen LogP contribution in [0.2, 0.25) is 0 Å². The second-order valence-electron chi connectivity index (χ2n) is 6.76. The van der Waals surface area contributed by atoms with Crippen LogP contribution in [-0.2, 0) is 6.54 Å². The van der Waals surface area contributed by atoms with E-state index < -0.39 is 0 Å². The van der Waals surface area contributed by atoms with E-state index in [0.29, 0.717) is 23.4 Å². The number of pyridine rings is 1. The molecule has 0 unspecified atom stereocenters. The van der Waals surface area contributed by atoms with Gasteiger partial charge in [-0.3, -0.25) is 9.59 Å². The van der Waals surface area contributed by atoms with Crippen molar-refractivity contribution in [2.45, 2.75) is 27.3 Å². The van der Waals surface area contributed by atoms with Crippen molar-refractivity contribution in [2.75, 3.05) is 11.4 Å². The van der Waals surface area contributed by atoms with Gasteiger partial charge in [-0.05, 0) is 44.5 Å². The summed E-state index contributed by atoms with van der Waals surface area (Å²) in [6.45, 7) is 7.10. The molecule has 2 heterocycles. The Morgan fingerprint density at radius 3 is 2.46 bits per heavy atom. The lowest BCUT2D eigenvalue weighted by atomic mass is 10.1. The van der Waals surface area contributed by atoms with E-state index in [2.05, 4.69) is 0 Å². The summed E-state index contributed by atoms with van der Waals surface area (Å²) in [6.07, 6.45) is 0. The van der Waals surface area contributed by atoms with Crippen molar-refractivity contribution < 1.29 is 4.79 Å². The second-order valence-corrected chi connectivity index (χ2v) is 7.81. The van der Waals surface area contributed by atoms with Gasteiger partial charge < -0.3 is 9.47 Å². The van der Waals surface area contributed by atoms with Crippen molar-refractivity contribution in [3.05, 3.63) is 75.4 Å². The van der Waals surface area contributed by atoms with E-state index in [0.717, 1.165) is 26.9 Å². The minimum atomic E-state index is -0.0653. The normalized spacial score (nSPS) is 11.2. The van der Waals surface area contributed by atoms with Gasteiger partial charge in [0.05, 0.1) is 15.8 Å². The minimum absolute atomic E-state index is 0.0366. The van der Waals surface area contributed by atoms with Crippen molar-refractivity contribution in [1.82, 2.24) is 4.57 Å². The highest BCUT2D eigenvalue weighted by molar-refractivity contribution is 7.21. The van der Waals surface area contributed by atoms with Gasteiger partial charge in [0, 0.05) is 28.9 Å². The summed E-state index contributed by atoms with van der Waals surface area (Å²) in [5, 5.41) is 1.64. The molecule has 0 saturated carbocycles. The third kappa shape index (κ3) is 2.83. The standard InChI is InChI=1S/C23H22N2O2S/c1-4-24(18-12-8-6-10-15(18)3)23(27)20-14-17-21(28-20)16-11-7-9-13-19(16)25(5-2)22(17)26/h6-14H,4-5H2,1-3H3. The smallest absolute Gasteiger partial charge is 0.268 e. The molecule has 0 aliphatic carbocycles. The molecule has 0 saturated heterocycles. The topological polar surface area (TPSA) is 42.3 Å². The Balaban J connectivity index is 1.92. The molecular weight excluding hydrogens is 368 g/mol. The van der Waals surface area contributed by atoms with E-state index in [1.165, 1.54) is 11.3 Å². The van der Waals surface area contributed by atoms with Crippen LogP contribution in [0.5, 0.6) is 0 Å². The zero-order valence-corrected chi connectivity index (χ0v) is 17.0. The lowest BCUT2D eigenvalue weighted by molar-refractivity contribution is 0.0992. The number of thiophene rings is 1. The predicted octanol–water partition coefficient (Wildman–Crippen LogP) is 5.21.